The second kappa shape index (κ2) is 13.0. The highest BCUT2D eigenvalue weighted by Crippen LogP contribution is 2.33. The molecule has 4 heterocycles. The van der Waals surface area contributed by atoms with Crippen LogP contribution in [0.5, 0.6) is 11.5 Å². The van der Waals surface area contributed by atoms with E-state index in [0.717, 1.165) is 16.8 Å². The molecule has 6 rings (SSSR count). The largest absolute Gasteiger partial charge is 0.456 e. The average Bonchev–Trinajstić information content (AvgIpc) is 3.05. The van der Waals surface area contributed by atoms with E-state index in [2.05, 4.69) is 20.2 Å². The van der Waals surface area contributed by atoms with Gasteiger partial charge in [0.1, 0.15) is 28.5 Å². The Labute approximate surface area is 272 Å². The first kappa shape index (κ1) is 31.3. The van der Waals surface area contributed by atoms with Gasteiger partial charge < -0.3 is 24.6 Å². The van der Waals surface area contributed by atoms with Crippen LogP contribution in [0.15, 0.2) is 96.2 Å². The number of nitrogens with zero attached hydrogens (tertiary/aromatic N) is 5. The fourth-order valence-corrected chi connectivity index (χ4v) is 5.34. The van der Waals surface area contributed by atoms with E-state index in [9.17, 15) is 14.4 Å². The summed E-state index contributed by atoms with van der Waals surface area (Å²) in [4.78, 5) is 51.7. The molecule has 0 spiro atoms. The first-order chi connectivity index (χ1) is 22.6. The zero-order valence-electron chi connectivity index (χ0n) is 26.8. The maximum Gasteiger partial charge on any atom is 0.410 e. The van der Waals surface area contributed by atoms with Crippen LogP contribution in [0.3, 0.4) is 0 Å². The summed E-state index contributed by atoms with van der Waals surface area (Å²) in [5.41, 5.74) is 1.77. The predicted molar refractivity (Wildman–Crippen MR) is 181 cm³/mol. The summed E-state index contributed by atoms with van der Waals surface area (Å²) in [6, 6.07) is 21.4. The molecule has 0 unspecified atom stereocenters. The Morgan fingerprint density at radius 3 is 2.36 bits per heavy atom. The number of aryl methyl sites for hydroxylation is 1. The molecular weight excluding hydrogens is 596 g/mol. The molecule has 5 aromatic rings. The lowest BCUT2D eigenvalue weighted by atomic mass is 10.1. The minimum Gasteiger partial charge on any atom is -0.456 e. The molecule has 1 N–H and O–H groups in total. The van der Waals surface area contributed by atoms with Gasteiger partial charge >= 0.3 is 6.09 Å². The van der Waals surface area contributed by atoms with Gasteiger partial charge in [0.05, 0.1) is 11.7 Å². The lowest BCUT2D eigenvalue weighted by Gasteiger charge is -2.36. The highest BCUT2D eigenvalue weighted by molar-refractivity contribution is 6.04. The van der Waals surface area contributed by atoms with Gasteiger partial charge in [0.15, 0.2) is 0 Å². The summed E-state index contributed by atoms with van der Waals surface area (Å²) >= 11 is 0. The number of benzene rings is 2. The molecule has 0 saturated carbocycles. The van der Waals surface area contributed by atoms with Gasteiger partial charge in [-0.25, -0.2) is 9.78 Å². The van der Waals surface area contributed by atoms with E-state index in [1.807, 2.05) is 64.1 Å². The van der Waals surface area contributed by atoms with Gasteiger partial charge in [-0.15, -0.1) is 0 Å². The second-order valence-electron chi connectivity index (χ2n) is 12.3. The van der Waals surface area contributed by atoms with Crippen LogP contribution in [0.2, 0.25) is 0 Å². The number of pyridine rings is 3. The maximum atomic E-state index is 13.1. The minimum absolute atomic E-state index is 0.0354. The molecule has 1 aliphatic heterocycles. The Morgan fingerprint density at radius 2 is 1.64 bits per heavy atom. The quantitative estimate of drug-likeness (QED) is 0.235. The van der Waals surface area contributed by atoms with Crippen molar-refractivity contribution in [3.05, 3.63) is 113 Å². The van der Waals surface area contributed by atoms with Crippen LogP contribution in [-0.2, 0) is 4.74 Å². The maximum absolute atomic E-state index is 13.1. The number of rotatable bonds is 6. The molecule has 1 saturated heterocycles. The van der Waals surface area contributed by atoms with Crippen molar-refractivity contribution in [2.45, 2.75) is 33.3 Å². The van der Waals surface area contributed by atoms with Crippen LogP contribution in [0.1, 0.15) is 36.7 Å². The summed E-state index contributed by atoms with van der Waals surface area (Å²) < 4.78 is 13.3. The van der Waals surface area contributed by atoms with Crippen molar-refractivity contribution in [2.24, 2.45) is 0 Å². The summed E-state index contributed by atoms with van der Waals surface area (Å²) in [5.74, 6) is 1.48. The minimum atomic E-state index is -0.541. The number of nitrogens with one attached hydrogen (secondary N) is 1. The van der Waals surface area contributed by atoms with Crippen molar-refractivity contribution in [3.8, 4) is 17.2 Å². The lowest BCUT2D eigenvalue weighted by Crippen LogP contribution is -2.50. The Balaban J connectivity index is 1.16. The first-order valence-corrected chi connectivity index (χ1v) is 15.4. The number of amides is 2. The number of hydrogen-bond donors (Lipinski definition) is 1. The number of carbonyl (C=O) groups is 2. The van der Waals surface area contributed by atoms with Gasteiger partial charge in [-0.05, 0) is 87.9 Å². The summed E-state index contributed by atoms with van der Waals surface area (Å²) in [5, 5.41) is 3.63. The van der Waals surface area contributed by atoms with Gasteiger partial charge in [-0.3, -0.25) is 19.1 Å². The summed E-state index contributed by atoms with van der Waals surface area (Å²) in [6.45, 7) is 9.75. The molecule has 3 aromatic heterocycles. The Kier molecular flexibility index (Phi) is 8.62. The molecule has 11 nitrogen and oxygen atoms in total. The van der Waals surface area contributed by atoms with Crippen molar-refractivity contribution < 1.29 is 19.1 Å². The molecule has 0 aliphatic carbocycles. The normalized spacial score (nSPS) is 13.4. The van der Waals surface area contributed by atoms with E-state index >= 15 is 0 Å². The van der Waals surface area contributed by atoms with Gasteiger partial charge in [0.2, 0.25) is 0 Å². The van der Waals surface area contributed by atoms with E-state index in [4.69, 9.17) is 9.47 Å². The second-order valence-corrected chi connectivity index (χ2v) is 12.3. The fraction of sp³-hybridized carbons (Fsp3) is 0.250. The molecule has 2 aromatic carbocycles. The van der Waals surface area contributed by atoms with Gasteiger partial charge in [0.25, 0.3) is 11.5 Å². The number of hydrogen-bond acceptors (Lipinski definition) is 8. The molecule has 1 aliphatic rings. The number of carbonyl (C=O) groups excluding carboxylic acids is 2. The Morgan fingerprint density at radius 1 is 0.872 bits per heavy atom. The number of aromatic nitrogens is 3. The molecule has 0 atom stereocenters. The molecule has 0 radical (unpaired) electrons. The standard InChI is InChI=1S/C36H36N6O5/c1-24-21-25(39-33(43)27-11-8-16-42(34(27)44)26-9-6-5-7-10-26)12-13-30(24)46-31-14-15-37-29-23-38-32(22-28(29)31)40-17-19-41(20-18-40)35(45)47-36(2,3)4/h5-16,21-23H,17-20H2,1-4H3,(H,39,43). The van der Waals surface area contributed by atoms with Crippen molar-refractivity contribution in [1.29, 1.82) is 0 Å². The summed E-state index contributed by atoms with van der Waals surface area (Å²) in [6.07, 6.45) is 4.72. The lowest BCUT2D eigenvalue weighted by molar-refractivity contribution is 0.0240. The van der Waals surface area contributed by atoms with Crippen LogP contribution in [0, 0.1) is 6.92 Å². The monoisotopic (exact) mass is 632 g/mol. The smallest absolute Gasteiger partial charge is 0.410 e. The Bertz CT molecular complexity index is 2000. The molecule has 2 amide bonds. The molecular formula is C36H36N6O5. The third-order valence-electron chi connectivity index (χ3n) is 7.71. The fourth-order valence-electron chi connectivity index (χ4n) is 5.34. The zero-order chi connectivity index (χ0) is 33.1. The van der Waals surface area contributed by atoms with E-state index in [1.165, 1.54) is 10.6 Å². The predicted octanol–water partition coefficient (Wildman–Crippen LogP) is 6.19. The van der Waals surface area contributed by atoms with Gasteiger partial charge in [0, 0.05) is 55.3 Å². The van der Waals surface area contributed by atoms with E-state index < -0.39 is 17.1 Å². The van der Waals surface area contributed by atoms with E-state index in [-0.39, 0.29) is 11.7 Å². The molecule has 11 heteroatoms. The SMILES string of the molecule is Cc1cc(NC(=O)c2cccn(-c3ccccc3)c2=O)ccc1Oc1ccnc2cnc(N3CCN(C(=O)OC(C)(C)C)CC3)cc12. The van der Waals surface area contributed by atoms with Crippen LogP contribution >= 0.6 is 0 Å². The van der Waals surface area contributed by atoms with Crippen molar-refractivity contribution in [3.63, 3.8) is 0 Å². The third kappa shape index (κ3) is 7.09. The van der Waals surface area contributed by atoms with Crippen LogP contribution in [0.4, 0.5) is 16.3 Å². The topological polar surface area (TPSA) is 119 Å². The highest BCUT2D eigenvalue weighted by Gasteiger charge is 2.26. The van der Waals surface area contributed by atoms with E-state index in [0.29, 0.717) is 54.6 Å². The van der Waals surface area contributed by atoms with Crippen molar-refractivity contribution >= 4 is 34.4 Å². The van der Waals surface area contributed by atoms with E-state index in [1.54, 1.807) is 53.8 Å². The average molecular weight is 633 g/mol. The van der Waals surface area contributed by atoms with Crippen LogP contribution < -0.4 is 20.5 Å². The van der Waals surface area contributed by atoms with Crippen LogP contribution in [-0.4, -0.2) is 63.2 Å². The number of anilines is 2. The molecule has 1 fully saturated rings. The Hall–Kier alpha value is -5.71. The van der Waals surface area contributed by atoms with Crippen molar-refractivity contribution in [1.82, 2.24) is 19.4 Å². The zero-order valence-corrected chi connectivity index (χ0v) is 26.8. The van der Waals surface area contributed by atoms with Gasteiger partial charge in [-0.2, -0.15) is 0 Å². The third-order valence-corrected chi connectivity index (χ3v) is 7.71. The van der Waals surface area contributed by atoms with Crippen LogP contribution in [0.25, 0.3) is 16.6 Å². The molecule has 0 bridgehead atoms. The number of fused-ring (bicyclic) bond motifs is 1. The number of piperazine rings is 1. The molecule has 240 valence electrons. The number of para-hydroxylation sites is 1. The molecule has 47 heavy (non-hydrogen) atoms. The van der Waals surface area contributed by atoms with Crippen molar-refractivity contribution in [2.75, 3.05) is 36.4 Å². The number of ether oxygens (including phenoxy) is 2. The highest BCUT2D eigenvalue weighted by atomic mass is 16.6. The summed E-state index contributed by atoms with van der Waals surface area (Å²) in [7, 11) is 0. The van der Waals surface area contributed by atoms with Gasteiger partial charge in [-0.1, -0.05) is 18.2 Å². The first-order valence-electron chi connectivity index (χ1n) is 15.4.